The highest BCUT2D eigenvalue weighted by Gasteiger charge is 2.14. The van der Waals surface area contributed by atoms with Crippen LogP contribution in [0.2, 0.25) is 0 Å². The van der Waals surface area contributed by atoms with Crippen molar-refractivity contribution in [3.05, 3.63) is 35.6 Å². The van der Waals surface area contributed by atoms with Crippen LogP contribution in [0.5, 0.6) is 0 Å². The second kappa shape index (κ2) is 7.72. The third-order valence-electron chi connectivity index (χ3n) is 2.47. The molecule has 0 heterocycles. The molecule has 1 aromatic rings. The Balaban J connectivity index is 2.62. The van der Waals surface area contributed by atoms with Gasteiger partial charge in [0.1, 0.15) is 5.82 Å². The number of thioether (sulfide) groups is 1. The molecule has 0 saturated heterocycles. The van der Waals surface area contributed by atoms with Gasteiger partial charge in [-0.05, 0) is 24.3 Å². The summed E-state index contributed by atoms with van der Waals surface area (Å²) in [5, 5.41) is 3.35. The van der Waals surface area contributed by atoms with E-state index < -0.39 is 0 Å². The maximum absolute atomic E-state index is 13.7. The Hall–Kier alpha value is -0.540. The van der Waals surface area contributed by atoms with E-state index in [-0.39, 0.29) is 11.9 Å². The molecule has 1 unspecified atom stereocenters. The van der Waals surface area contributed by atoms with Gasteiger partial charge in [0.15, 0.2) is 0 Å². The number of hydrogen-bond donors (Lipinski definition) is 1. The summed E-state index contributed by atoms with van der Waals surface area (Å²) in [4.78, 5) is 0. The third kappa shape index (κ3) is 5.09. The van der Waals surface area contributed by atoms with Gasteiger partial charge in [0.25, 0.3) is 0 Å². The number of halogens is 1. The molecule has 0 aliphatic heterocycles. The van der Waals surface area contributed by atoms with E-state index >= 15 is 0 Å². The van der Waals surface area contributed by atoms with E-state index in [4.69, 9.17) is 0 Å². The van der Waals surface area contributed by atoms with Gasteiger partial charge < -0.3 is 5.32 Å². The van der Waals surface area contributed by atoms with Crippen molar-refractivity contribution >= 4 is 11.8 Å². The Labute approximate surface area is 108 Å². The molecule has 1 nitrogen and oxygen atoms in total. The summed E-state index contributed by atoms with van der Waals surface area (Å²) in [5.41, 5.74) is 0.783. The second-order valence-corrected chi connectivity index (χ2v) is 5.64. The first-order valence-corrected chi connectivity index (χ1v) is 7.36. The van der Waals surface area contributed by atoms with Gasteiger partial charge in [-0.1, -0.05) is 39.0 Å². The quantitative estimate of drug-likeness (QED) is 0.794. The van der Waals surface area contributed by atoms with Crippen LogP contribution < -0.4 is 5.32 Å². The maximum Gasteiger partial charge on any atom is 0.128 e. The van der Waals surface area contributed by atoms with Crippen LogP contribution in [0.15, 0.2) is 24.3 Å². The Morgan fingerprint density at radius 1 is 1.24 bits per heavy atom. The van der Waals surface area contributed by atoms with Crippen molar-refractivity contribution in [2.24, 2.45) is 5.92 Å². The van der Waals surface area contributed by atoms with E-state index in [0.717, 1.165) is 23.6 Å². The molecule has 0 bridgehead atoms. The summed E-state index contributed by atoms with van der Waals surface area (Å²) >= 11 is 1.88. The lowest BCUT2D eigenvalue weighted by atomic mass is 10.1. The lowest BCUT2D eigenvalue weighted by molar-refractivity contribution is 0.545. The minimum absolute atomic E-state index is 0.108. The Bertz CT molecular complexity index is 328. The highest BCUT2D eigenvalue weighted by Crippen LogP contribution is 2.22. The highest BCUT2D eigenvalue weighted by atomic mass is 32.2. The van der Waals surface area contributed by atoms with Crippen LogP contribution in [-0.2, 0) is 0 Å². The molecular weight excluding hydrogens is 233 g/mol. The zero-order valence-corrected chi connectivity index (χ0v) is 11.7. The predicted octanol–water partition coefficient (Wildman–Crippen LogP) is 3.87. The van der Waals surface area contributed by atoms with E-state index in [9.17, 15) is 4.39 Å². The molecule has 0 amide bonds. The Kier molecular flexibility index (Phi) is 6.60. The van der Waals surface area contributed by atoms with Crippen LogP contribution in [0.1, 0.15) is 32.4 Å². The summed E-state index contributed by atoms with van der Waals surface area (Å²) in [6, 6.07) is 7.16. The van der Waals surface area contributed by atoms with E-state index in [1.807, 2.05) is 23.9 Å². The standard InChI is InChI=1S/C14H22FNS/c1-4-16-14(10-17-9-11(2)3)12-7-5-6-8-13(12)15/h5-8,11,14,16H,4,9-10H2,1-3H3. The summed E-state index contributed by atoms with van der Waals surface area (Å²) in [7, 11) is 0. The average Bonchev–Trinajstić information content (AvgIpc) is 2.28. The lowest BCUT2D eigenvalue weighted by Gasteiger charge is -2.19. The third-order valence-corrected chi connectivity index (χ3v) is 3.94. The van der Waals surface area contributed by atoms with Crippen molar-refractivity contribution in [3.63, 3.8) is 0 Å². The first-order chi connectivity index (χ1) is 8.15. The molecule has 1 aromatic carbocycles. The minimum atomic E-state index is -0.108. The zero-order valence-electron chi connectivity index (χ0n) is 10.9. The van der Waals surface area contributed by atoms with Crippen molar-refractivity contribution in [3.8, 4) is 0 Å². The largest absolute Gasteiger partial charge is 0.309 e. The number of hydrogen-bond acceptors (Lipinski definition) is 2. The van der Waals surface area contributed by atoms with Crippen LogP contribution in [0.3, 0.4) is 0 Å². The predicted molar refractivity (Wildman–Crippen MR) is 75.0 cm³/mol. The van der Waals surface area contributed by atoms with Crippen molar-refractivity contribution in [1.82, 2.24) is 5.32 Å². The molecule has 0 spiro atoms. The van der Waals surface area contributed by atoms with E-state index in [0.29, 0.717) is 5.92 Å². The number of nitrogens with one attached hydrogen (secondary N) is 1. The van der Waals surface area contributed by atoms with Crippen LogP contribution in [0.25, 0.3) is 0 Å². The van der Waals surface area contributed by atoms with Gasteiger partial charge in [0, 0.05) is 17.4 Å². The molecule has 1 atom stereocenters. The van der Waals surface area contributed by atoms with E-state index in [1.165, 1.54) is 6.07 Å². The summed E-state index contributed by atoms with van der Waals surface area (Å²) in [6.45, 7) is 7.33. The van der Waals surface area contributed by atoms with E-state index in [2.05, 4.69) is 26.1 Å². The van der Waals surface area contributed by atoms with Crippen molar-refractivity contribution in [2.45, 2.75) is 26.8 Å². The normalized spacial score (nSPS) is 13.0. The average molecular weight is 255 g/mol. The first kappa shape index (κ1) is 14.5. The molecule has 3 heteroatoms. The fourth-order valence-corrected chi connectivity index (χ4v) is 2.82. The Morgan fingerprint density at radius 3 is 2.53 bits per heavy atom. The molecule has 0 aromatic heterocycles. The van der Waals surface area contributed by atoms with Crippen LogP contribution in [0, 0.1) is 11.7 Å². The van der Waals surface area contributed by atoms with Gasteiger partial charge in [-0.15, -0.1) is 0 Å². The molecule has 0 fully saturated rings. The van der Waals surface area contributed by atoms with Gasteiger partial charge in [-0.25, -0.2) is 4.39 Å². The first-order valence-electron chi connectivity index (χ1n) is 6.20. The molecule has 1 rings (SSSR count). The lowest BCUT2D eigenvalue weighted by Crippen LogP contribution is -2.24. The monoisotopic (exact) mass is 255 g/mol. The highest BCUT2D eigenvalue weighted by molar-refractivity contribution is 7.99. The van der Waals surface area contributed by atoms with E-state index in [1.54, 1.807) is 6.07 Å². The molecular formula is C14H22FNS. The fraction of sp³-hybridized carbons (Fsp3) is 0.571. The molecule has 0 aliphatic carbocycles. The van der Waals surface area contributed by atoms with Crippen LogP contribution in [0.4, 0.5) is 4.39 Å². The van der Waals surface area contributed by atoms with Crippen molar-refractivity contribution < 1.29 is 4.39 Å². The van der Waals surface area contributed by atoms with Crippen LogP contribution >= 0.6 is 11.8 Å². The minimum Gasteiger partial charge on any atom is -0.309 e. The van der Waals surface area contributed by atoms with Gasteiger partial charge in [-0.3, -0.25) is 0 Å². The fourth-order valence-electron chi connectivity index (χ4n) is 1.68. The van der Waals surface area contributed by atoms with Gasteiger partial charge in [-0.2, -0.15) is 11.8 Å². The molecule has 0 aliphatic rings. The van der Waals surface area contributed by atoms with Crippen LogP contribution in [-0.4, -0.2) is 18.1 Å². The smallest absolute Gasteiger partial charge is 0.128 e. The summed E-state index contributed by atoms with van der Waals surface area (Å²) in [5.74, 6) is 2.62. The molecule has 17 heavy (non-hydrogen) atoms. The summed E-state index contributed by atoms with van der Waals surface area (Å²) in [6.07, 6.45) is 0. The molecule has 0 saturated carbocycles. The SMILES string of the molecule is CCNC(CSCC(C)C)c1ccccc1F. The number of benzene rings is 1. The molecule has 0 radical (unpaired) electrons. The second-order valence-electron chi connectivity index (χ2n) is 4.56. The number of rotatable bonds is 7. The van der Waals surface area contributed by atoms with Gasteiger partial charge in [0.05, 0.1) is 0 Å². The molecule has 1 N–H and O–H groups in total. The Morgan fingerprint density at radius 2 is 1.94 bits per heavy atom. The van der Waals surface area contributed by atoms with Gasteiger partial charge >= 0.3 is 0 Å². The van der Waals surface area contributed by atoms with Crippen molar-refractivity contribution in [1.29, 1.82) is 0 Å². The zero-order chi connectivity index (χ0) is 12.7. The van der Waals surface area contributed by atoms with Gasteiger partial charge in [0.2, 0.25) is 0 Å². The molecule has 96 valence electrons. The van der Waals surface area contributed by atoms with Crippen molar-refractivity contribution in [2.75, 3.05) is 18.1 Å². The summed E-state index contributed by atoms with van der Waals surface area (Å²) < 4.78 is 13.7. The topological polar surface area (TPSA) is 12.0 Å². The maximum atomic E-state index is 13.7.